The number of sulfonamides is 1. The van der Waals surface area contributed by atoms with E-state index in [9.17, 15) is 8.42 Å². The number of methoxy groups -OCH3 is 2. The molecule has 0 aromatic heterocycles. The van der Waals surface area contributed by atoms with Crippen molar-refractivity contribution < 1.29 is 17.9 Å². The standard InChI is InChI=1S/C13H22N2O4S/c1-5-6-9(2)15-20(16,17)13-7-10(14)11(18-3)8-12(13)19-4/h7-9,15H,5-6,14H2,1-4H3. The van der Waals surface area contributed by atoms with Crippen molar-refractivity contribution in [2.24, 2.45) is 0 Å². The van der Waals surface area contributed by atoms with Gasteiger partial charge in [-0.15, -0.1) is 0 Å². The SMILES string of the molecule is CCCC(C)NS(=O)(=O)c1cc(N)c(OC)cc1OC. The third-order valence-corrected chi connectivity index (χ3v) is 4.49. The van der Waals surface area contributed by atoms with Crippen molar-refractivity contribution >= 4 is 15.7 Å². The fourth-order valence-corrected chi connectivity index (χ4v) is 3.39. The molecule has 7 heteroatoms. The van der Waals surface area contributed by atoms with Gasteiger partial charge in [-0.05, 0) is 19.4 Å². The van der Waals surface area contributed by atoms with Crippen molar-refractivity contribution in [2.45, 2.75) is 37.6 Å². The highest BCUT2D eigenvalue weighted by Crippen LogP contribution is 2.33. The minimum Gasteiger partial charge on any atom is -0.495 e. The predicted molar refractivity (Wildman–Crippen MR) is 78.6 cm³/mol. The smallest absolute Gasteiger partial charge is 0.244 e. The van der Waals surface area contributed by atoms with Gasteiger partial charge in [0.2, 0.25) is 10.0 Å². The maximum atomic E-state index is 12.4. The molecule has 1 unspecified atom stereocenters. The molecule has 0 radical (unpaired) electrons. The third kappa shape index (κ3) is 3.77. The zero-order valence-electron chi connectivity index (χ0n) is 12.3. The number of nitrogen functional groups attached to an aromatic ring is 1. The number of nitrogens with one attached hydrogen (secondary N) is 1. The van der Waals surface area contributed by atoms with Crippen LogP contribution in [0.3, 0.4) is 0 Å². The van der Waals surface area contributed by atoms with Crippen LogP contribution in [0.4, 0.5) is 5.69 Å². The maximum Gasteiger partial charge on any atom is 0.244 e. The van der Waals surface area contributed by atoms with E-state index in [-0.39, 0.29) is 22.4 Å². The van der Waals surface area contributed by atoms with Gasteiger partial charge in [0.05, 0.1) is 19.9 Å². The minimum absolute atomic E-state index is 0.0150. The fraction of sp³-hybridized carbons (Fsp3) is 0.538. The van der Waals surface area contributed by atoms with Gasteiger partial charge in [-0.2, -0.15) is 0 Å². The van der Waals surface area contributed by atoms with Gasteiger partial charge >= 0.3 is 0 Å². The Morgan fingerprint density at radius 1 is 1.25 bits per heavy atom. The lowest BCUT2D eigenvalue weighted by Crippen LogP contribution is -2.32. The lowest BCUT2D eigenvalue weighted by Gasteiger charge is -2.16. The number of ether oxygens (including phenoxy) is 2. The lowest BCUT2D eigenvalue weighted by molar-refractivity contribution is 0.387. The van der Waals surface area contributed by atoms with Crippen molar-refractivity contribution in [3.8, 4) is 11.5 Å². The molecule has 0 fully saturated rings. The van der Waals surface area contributed by atoms with E-state index in [2.05, 4.69) is 4.72 Å². The van der Waals surface area contributed by atoms with Crippen LogP contribution in [0.5, 0.6) is 11.5 Å². The molecule has 0 aliphatic rings. The highest BCUT2D eigenvalue weighted by molar-refractivity contribution is 7.89. The van der Waals surface area contributed by atoms with Gasteiger partial charge in [-0.3, -0.25) is 0 Å². The van der Waals surface area contributed by atoms with Gasteiger partial charge in [-0.1, -0.05) is 13.3 Å². The Labute approximate surface area is 120 Å². The molecule has 0 spiro atoms. The van der Waals surface area contributed by atoms with E-state index in [1.54, 1.807) is 0 Å². The second-order valence-corrected chi connectivity index (χ2v) is 6.24. The first kappa shape index (κ1) is 16.6. The number of nitrogens with two attached hydrogens (primary N) is 1. The Morgan fingerprint density at radius 3 is 2.35 bits per heavy atom. The van der Waals surface area contributed by atoms with E-state index >= 15 is 0 Å². The average molecular weight is 302 g/mol. The van der Waals surface area contributed by atoms with Crippen LogP contribution >= 0.6 is 0 Å². The highest BCUT2D eigenvalue weighted by Gasteiger charge is 2.23. The molecule has 0 bridgehead atoms. The van der Waals surface area contributed by atoms with Gasteiger partial charge in [0, 0.05) is 12.1 Å². The van der Waals surface area contributed by atoms with Crippen molar-refractivity contribution in [2.75, 3.05) is 20.0 Å². The van der Waals surface area contributed by atoms with E-state index in [4.69, 9.17) is 15.2 Å². The number of hydrogen-bond donors (Lipinski definition) is 2. The molecule has 0 saturated heterocycles. The van der Waals surface area contributed by atoms with Gasteiger partial charge in [0.1, 0.15) is 16.4 Å². The van der Waals surface area contributed by atoms with E-state index in [1.165, 1.54) is 26.4 Å². The summed E-state index contributed by atoms with van der Waals surface area (Å²) < 4.78 is 37.5. The predicted octanol–water partition coefficient (Wildman–Crippen LogP) is 1.75. The maximum absolute atomic E-state index is 12.4. The lowest BCUT2D eigenvalue weighted by atomic mass is 10.2. The van der Waals surface area contributed by atoms with Crippen LogP contribution in [0.15, 0.2) is 17.0 Å². The van der Waals surface area contributed by atoms with Gasteiger partial charge in [0.15, 0.2) is 0 Å². The molecule has 114 valence electrons. The summed E-state index contributed by atoms with van der Waals surface area (Å²) in [5.41, 5.74) is 6.02. The Balaban J connectivity index is 3.20. The van der Waals surface area contributed by atoms with Crippen molar-refractivity contribution in [1.29, 1.82) is 0 Å². The summed E-state index contributed by atoms with van der Waals surface area (Å²) in [4.78, 5) is 0.0150. The average Bonchev–Trinajstić information content (AvgIpc) is 2.38. The molecule has 1 atom stereocenters. The molecule has 3 N–H and O–H groups in total. The van der Waals surface area contributed by atoms with Crippen LogP contribution in [-0.4, -0.2) is 28.7 Å². The Hall–Kier alpha value is -1.47. The van der Waals surface area contributed by atoms with E-state index in [1.807, 2.05) is 13.8 Å². The van der Waals surface area contributed by atoms with E-state index in [0.29, 0.717) is 5.75 Å². The van der Waals surface area contributed by atoms with Crippen LogP contribution in [0.1, 0.15) is 26.7 Å². The number of anilines is 1. The first-order valence-corrected chi connectivity index (χ1v) is 7.87. The van der Waals surface area contributed by atoms with E-state index in [0.717, 1.165) is 12.8 Å². The summed E-state index contributed by atoms with van der Waals surface area (Å²) in [5, 5.41) is 0. The van der Waals surface area contributed by atoms with Crippen LogP contribution in [-0.2, 0) is 10.0 Å². The summed E-state index contributed by atoms with van der Waals surface area (Å²) in [5.74, 6) is 0.578. The summed E-state index contributed by atoms with van der Waals surface area (Å²) in [7, 11) is -0.821. The van der Waals surface area contributed by atoms with Crippen molar-refractivity contribution in [3.05, 3.63) is 12.1 Å². The molecule has 0 amide bonds. The third-order valence-electron chi connectivity index (χ3n) is 2.88. The van der Waals surface area contributed by atoms with Gasteiger partial charge in [-0.25, -0.2) is 13.1 Å². The molecule has 0 aliphatic carbocycles. The quantitative estimate of drug-likeness (QED) is 0.749. The van der Waals surface area contributed by atoms with Crippen molar-refractivity contribution in [3.63, 3.8) is 0 Å². The molecule has 0 saturated carbocycles. The zero-order chi connectivity index (χ0) is 15.3. The first-order chi connectivity index (χ1) is 9.35. The number of rotatable bonds is 7. The van der Waals surface area contributed by atoms with Crippen LogP contribution < -0.4 is 19.9 Å². The molecule has 1 rings (SSSR count). The summed E-state index contributed by atoms with van der Waals surface area (Å²) in [6.07, 6.45) is 1.65. The minimum atomic E-state index is -3.68. The fourth-order valence-electron chi connectivity index (χ4n) is 1.92. The molecular formula is C13H22N2O4S. The Morgan fingerprint density at radius 2 is 1.85 bits per heavy atom. The Kier molecular flexibility index (Phi) is 5.64. The molecule has 0 heterocycles. The molecule has 1 aromatic rings. The molecule has 20 heavy (non-hydrogen) atoms. The zero-order valence-corrected chi connectivity index (χ0v) is 13.1. The normalized spacial score (nSPS) is 13.0. The first-order valence-electron chi connectivity index (χ1n) is 6.39. The highest BCUT2D eigenvalue weighted by atomic mass is 32.2. The monoisotopic (exact) mass is 302 g/mol. The van der Waals surface area contributed by atoms with Gasteiger partial charge < -0.3 is 15.2 Å². The molecule has 0 aliphatic heterocycles. The van der Waals surface area contributed by atoms with Crippen LogP contribution in [0, 0.1) is 0 Å². The summed E-state index contributed by atoms with van der Waals surface area (Å²) in [6.45, 7) is 3.82. The van der Waals surface area contributed by atoms with Crippen LogP contribution in [0.2, 0.25) is 0 Å². The van der Waals surface area contributed by atoms with Crippen LogP contribution in [0.25, 0.3) is 0 Å². The molecule has 1 aromatic carbocycles. The van der Waals surface area contributed by atoms with Crippen molar-refractivity contribution in [1.82, 2.24) is 4.72 Å². The summed E-state index contributed by atoms with van der Waals surface area (Å²) in [6, 6.07) is 2.66. The topological polar surface area (TPSA) is 90.7 Å². The van der Waals surface area contributed by atoms with Gasteiger partial charge in [0.25, 0.3) is 0 Å². The summed E-state index contributed by atoms with van der Waals surface area (Å²) >= 11 is 0. The number of benzene rings is 1. The molecular weight excluding hydrogens is 280 g/mol. The second kappa shape index (κ2) is 6.81. The number of hydrogen-bond acceptors (Lipinski definition) is 5. The largest absolute Gasteiger partial charge is 0.495 e. The van der Waals surface area contributed by atoms with E-state index < -0.39 is 10.0 Å². The molecule has 6 nitrogen and oxygen atoms in total. The second-order valence-electron chi connectivity index (χ2n) is 4.56. The Bertz CT molecular complexity index is 558.